The fraction of sp³-hybridized carbons (Fsp3) is 0.500. The minimum atomic E-state index is -0.850. The molecular formula is C14H19NO2. The number of nitrogens with zero attached hydrogens (tertiary/aromatic N) is 1. The molecule has 3 nitrogen and oxygen atoms in total. The molecular weight excluding hydrogens is 214 g/mol. The van der Waals surface area contributed by atoms with Crippen LogP contribution in [0, 0.1) is 0 Å². The lowest BCUT2D eigenvalue weighted by atomic mass is 9.89. The number of hydrogen-bond acceptors (Lipinski definition) is 2. The van der Waals surface area contributed by atoms with E-state index in [9.17, 15) is 4.79 Å². The van der Waals surface area contributed by atoms with Gasteiger partial charge in [0.2, 0.25) is 0 Å². The van der Waals surface area contributed by atoms with Crippen LogP contribution in [0.3, 0.4) is 0 Å². The molecule has 1 aliphatic heterocycles. The molecule has 1 N–H and O–H groups in total. The fourth-order valence-electron chi connectivity index (χ4n) is 2.48. The number of benzene rings is 1. The molecule has 2 rings (SSSR count). The van der Waals surface area contributed by atoms with Crippen LogP contribution in [0.5, 0.6) is 0 Å². The minimum Gasteiger partial charge on any atom is -0.478 e. The maximum atomic E-state index is 10.8. The molecule has 0 atom stereocenters. The second-order valence-electron chi connectivity index (χ2n) is 4.64. The molecule has 0 spiro atoms. The van der Waals surface area contributed by atoms with Crippen LogP contribution >= 0.6 is 0 Å². The Kier molecular flexibility index (Phi) is 3.79. The number of piperidine rings is 1. The van der Waals surface area contributed by atoms with Gasteiger partial charge in [-0.3, -0.25) is 0 Å². The molecule has 0 unspecified atom stereocenters. The van der Waals surface area contributed by atoms with Crippen molar-refractivity contribution in [2.75, 3.05) is 19.6 Å². The Balaban J connectivity index is 2.01. The van der Waals surface area contributed by atoms with Crippen molar-refractivity contribution < 1.29 is 9.90 Å². The molecule has 0 aliphatic carbocycles. The number of rotatable bonds is 3. The average molecular weight is 233 g/mol. The molecule has 3 heteroatoms. The SMILES string of the molecule is CCN1CCC(c2ccc(C(=O)O)cc2)CC1. The van der Waals surface area contributed by atoms with Crippen molar-refractivity contribution in [3.8, 4) is 0 Å². The Hall–Kier alpha value is -1.35. The number of carboxylic acids is 1. The Morgan fingerprint density at radius 2 is 1.88 bits per heavy atom. The van der Waals surface area contributed by atoms with Gasteiger partial charge in [-0.2, -0.15) is 0 Å². The highest BCUT2D eigenvalue weighted by atomic mass is 16.4. The third-order valence-electron chi connectivity index (χ3n) is 3.66. The van der Waals surface area contributed by atoms with Crippen LogP contribution < -0.4 is 0 Å². The summed E-state index contributed by atoms with van der Waals surface area (Å²) < 4.78 is 0. The van der Waals surface area contributed by atoms with E-state index in [1.165, 1.54) is 18.4 Å². The van der Waals surface area contributed by atoms with Gasteiger partial charge in [0.05, 0.1) is 5.56 Å². The van der Waals surface area contributed by atoms with Crippen molar-refractivity contribution >= 4 is 5.97 Å². The molecule has 0 saturated carbocycles. The molecule has 17 heavy (non-hydrogen) atoms. The van der Waals surface area contributed by atoms with Gasteiger partial charge in [-0.1, -0.05) is 19.1 Å². The van der Waals surface area contributed by atoms with Crippen molar-refractivity contribution in [2.45, 2.75) is 25.7 Å². The van der Waals surface area contributed by atoms with Crippen molar-refractivity contribution in [3.05, 3.63) is 35.4 Å². The maximum absolute atomic E-state index is 10.8. The molecule has 92 valence electrons. The van der Waals surface area contributed by atoms with Crippen molar-refractivity contribution in [1.29, 1.82) is 0 Å². The molecule has 1 heterocycles. The van der Waals surface area contributed by atoms with E-state index >= 15 is 0 Å². The van der Waals surface area contributed by atoms with E-state index in [2.05, 4.69) is 11.8 Å². The topological polar surface area (TPSA) is 40.5 Å². The summed E-state index contributed by atoms with van der Waals surface area (Å²) in [6.45, 7) is 5.64. The monoisotopic (exact) mass is 233 g/mol. The summed E-state index contributed by atoms with van der Waals surface area (Å²) in [5.74, 6) is -0.252. The molecule has 0 aromatic heterocycles. The van der Waals surface area contributed by atoms with Gasteiger partial charge in [0, 0.05) is 0 Å². The number of carboxylic acid groups (broad SMARTS) is 1. The van der Waals surface area contributed by atoms with E-state index in [0.29, 0.717) is 11.5 Å². The van der Waals surface area contributed by atoms with Crippen LogP contribution in [0.2, 0.25) is 0 Å². The number of aromatic carboxylic acids is 1. The summed E-state index contributed by atoms with van der Waals surface area (Å²) in [7, 11) is 0. The van der Waals surface area contributed by atoms with E-state index in [-0.39, 0.29) is 0 Å². The van der Waals surface area contributed by atoms with E-state index in [0.717, 1.165) is 19.6 Å². The van der Waals surface area contributed by atoms with Crippen LogP contribution in [0.15, 0.2) is 24.3 Å². The predicted octanol–water partition coefficient (Wildman–Crippen LogP) is 2.58. The highest BCUT2D eigenvalue weighted by molar-refractivity contribution is 5.87. The minimum absolute atomic E-state index is 0.375. The van der Waals surface area contributed by atoms with Gasteiger partial charge >= 0.3 is 5.97 Å². The average Bonchev–Trinajstić information content (AvgIpc) is 2.39. The molecule has 0 amide bonds. The summed E-state index contributed by atoms with van der Waals surface area (Å²) in [5.41, 5.74) is 1.66. The van der Waals surface area contributed by atoms with E-state index in [1.54, 1.807) is 12.1 Å². The lowest BCUT2D eigenvalue weighted by molar-refractivity contribution is 0.0697. The van der Waals surface area contributed by atoms with E-state index < -0.39 is 5.97 Å². The summed E-state index contributed by atoms with van der Waals surface area (Å²) in [4.78, 5) is 13.2. The lowest BCUT2D eigenvalue weighted by Crippen LogP contribution is -2.32. The third kappa shape index (κ3) is 2.86. The van der Waals surface area contributed by atoms with Gasteiger partial charge in [-0.05, 0) is 56.1 Å². The van der Waals surface area contributed by atoms with Gasteiger partial charge < -0.3 is 10.0 Å². The number of carbonyl (C=O) groups is 1. The zero-order chi connectivity index (χ0) is 12.3. The Bertz CT molecular complexity index is 378. The van der Waals surface area contributed by atoms with Crippen LogP contribution in [-0.2, 0) is 0 Å². The molecule has 0 bridgehead atoms. The largest absolute Gasteiger partial charge is 0.478 e. The van der Waals surface area contributed by atoms with E-state index in [1.807, 2.05) is 12.1 Å². The normalized spacial score (nSPS) is 18.2. The first-order valence-electron chi connectivity index (χ1n) is 6.26. The van der Waals surface area contributed by atoms with Crippen LogP contribution in [0.4, 0.5) is 0 Å². The van der Waals surface area contributed by atoms with Gasteiger partial charge in [-0.15, -0.1) is 0 Å². The predicted molar refractivity (Wildman–Crippen MR) is 67.5 cm³/mol. The maximum Gasteiger partial charge on any atom is 0.335 e. The highest BCUT2D eigenvalue weighted by Gasteiger charge is 2.19. The number of hydrogen-bond donors (Lipinski definition) is 1. The Labute approximate surface area is 102 Å². The standard InChI is InChI=1S/C14H19NO2/c1-2-15-9-7-12(8-10-15)11-3-5-13(6-4-11)14(16)17/h3-6,12H,2,7-10H2,1H3,(H,16,17). The zero-order valence-corrected chi connectivity index (χ0v) is 10.2. The van der Waals surface area contributed by atoms with Crippen molar-refractivity contribution in [2.24, 2.45) is 0 Å². The first-order chi connectivity index (χ1) is 8.20. The van der Waals surface area contributed by atoms with Crippen molar-refractivity contribution in [1.82, 2.24) is 4.90 Å². The molecule has 0 radical (unpaired) electrons. The molecule has 1 fully saturated rings. The smallest absolute Gasteiger partial charge is 0.335 e. The second-order valence-corrected chi connectivity index (χ2v) is 4.64. The quantitative estimate of drug-likeness (QED) is 0.872. The summed E-state index contributed by atoms with van der Waals surface area (Å²) in [5, 5.41) is 8.85. The molecule has 1 saturated heterocycles. The van der Waals surface area contributed by atoms with Crippen LogP contribution in [0.25, 0.3) is 0 Å². The lowest BCUT2D eigenvalue weighted by Gasteiger charge is -2.31. The van der Waals surface area contributed by atoms with Gasteiger partial charge in [0.15, 0.2) is 0 Å². The van der Waals surface area contributed by atoms with Gasteiger partial charge in [0.25, 0.3) is 0 Å². The molecule has 1 aromatic carbocycles. The molecule has 1 aliphatic rings. The zero-order valence-electron chi connectivity index (χ0n) is 10.2. The summed E-state index contributed by atoms with van der Waals surface area (Å²) in [6, 6.07) is 7.36. The van der Waals surface area contributed by atoms with Gasteiger partial charge in [0.1, 0.15) is 0 Å². The fourth-order valence-corrected chi connectivity index (χ4v) is 2.48. The second kappa shape index (κ2) is 5.32. The summed E-state index contributed by atoms with van der Waals surface area (Å²) >= 11 is 0. The Morgan fingerprint density at radius 1 is 1.29 bits per heavy atom. The van der Waals surface area contributed by atoms with Crippen LogP contribution in [0.1, 0.15) is 41.6 Å². The van der Waals surface area contributed by atoms with Crippen molar-refractivity contribution in [3.63, 3.8) is 0 Å². The van der Waals surface area contributed by atoms with Gasteiger partial charge in [-0.25, -0.2) is 4.79 Å². The van der Waals surface area contributed by atoms with Crippen LogP contribution in [-0.4, -0.2) is 35.6 Å². The first-order valence-corrected chi connectivity index (χ1v) is 6.26. The highest BCUT2D eigenvalue weighted by Crippen LogP contribution is 2.27. The number of likely N-dealkylation sites (tertiary alicyclic amines) is 1. The van der Waals surface area contributed by atoms with E-state index in [4.69, 9.17) is 5.11 Å². The Morgan fingerprint density at radius 3 is 2.35 bits per heavy atom. The summed E-state index contributed by atoms with van der Waals surface area (Å²) in [6.07, 6.45) is 2.36. The third-order valence-corrected chi connectivity index (χ3v) is 3.66. The molecule has 1 aromatic rings. The first kappa shape index (κ1) is 12.1.